The molecule has 0 unspecified atom stereocenters. The highest BCUT2D eigenvalue weighted by Gasteiger charge is 2.09. The summed E-state index contributed by atoms with van der Waals surface area (Å²) in [4.78, 5) is 15.2. The fraction of sp³-hybridized carbons (Fsp3) is 0.429. The summed E-state index contributed by atoms with van der Waals surface area (Å²) in [5.74, 6) is -0.914. The lowest BCUT2D eigenvalue weighted by Crippen LogP contribution is -2.04. The minimum atomic E-state index is -0.914. The van der Waals surface area contributed by atoms with E-state index in [9.17, 15) is 4.79 Å². The summed E-state index contributed by atoms with van der Waals surface area (Å²) in [6, 6.07) is 0. The van der Waals surface area contributed by atoms with Gasteiger partial charge in [0, 0.05) is 18.0 Å². The first-order chi connectivity index (χ1) is 8.06. The van der Waals surface area contributed by atoms with E-state index in [1.54, 1.807) is 24.6 Å². The Bertz CT molecular complexity index is 374. The Morgan fingerprint density at radius 3 is 2.41 bits per heavy atom. The van der Waals surface area contributed by atoms with Crippen molar-refractivity contribution < 1.29 is 9.90 Å². The van der Waals surface area contributed by atoms with Gasteiger partial charge in [0.2, 0.25) is 0 Å². The molecule has 0 aliphatic carbocycles. The fourth-order valence-corrected chi connectivity index (χ4v) is 1.17. The van der Waals surface area contributed by atoms with Gasteiger partial charge < -0.3 is 5.11 Å². The second-order valence-corrected chi connectivity index (χ2v) is 3.68. The van der Waals surface area contributed by atoms with Gasteiger partial charge in [-0.3, -0.25) is 4.99 Å². The van der Waals surface area contributed by atoms with Crippen LogP contribution in [0, 0.1) is 0 Å². The van der Waals surface area contributed by atoms with Crippen molar-refractivity contribution in [3.8, 4) is 0 Å². The first-order valence-electron chi connectivity index (χ1n) is 5.85. The Kier molecular flexibility index (Phi) is 7.68. The Morgan fingerprint density at radius 2 is 2.00 bits per heavy atom. The summed E-state index contributed by atoms with van der Waals surface area (Å²) < 4.78 is 0. The van der Waals surface area contributed by atoms with Crippen LogP contribution in [0.5, 0.6) is 0 Å². The van der Waals surface area contributed by atoms with Crippen LogP contribution in [-0.4, -0.2) is 17.3 Å². The molecule has 0 fully saturated rings. The Balaban J connectivity index is 4.98. The van der Waals surface area contributed by atoms with E-state index < -0.39 is 5.97 Å². The van der Waals surface area contributed by atoms with Gasteiger partial charge in [0.1, 0.15) is 0 Å². The highest BCUT2D eigenvalue weighted by Crippen LogP contribution is 2.10. The number of carboxylic acids is 1. The molecule has 94 valence electrons. The molecule has 0 rings (SSSR count). The normalized spacial score (nSPS) is 14.5. The number of hydrogen-bond acceptors (Lipinski definition) is 2. The Morgan fingerprint density at radius 1 is 1.35 bits per heavy atom. The van der Waals surface area contributed by atoms with E-state index in [1.165, 1.54) is 0 Å². The first-order valence-corrected chi connectivity index (χ1v) is 5.85. The van der Waals surface area contributed by atoms with Crippen LogP contribution in [0.3, 0.4) is 0 Å². The largest absolute Gasteiger partial charge is 0.478 e. The minimum Gasteiger partial charge on any atom is -0.478 e. The predicted octanol–water partition coefficient (Wildman–Crippen LogP) is 3.74. The predicted molar refractivity (Wildman–Crippen MR) is 72.3 cm³/mol. The highest BCUT2D eigenvalue weighted by atomic mass is 16.4. The first kappa shape index (κ1) is 15.4. The topological polar surface area (TPSA) is 49.7 Å². The van der Waals surface area contributed by atoms with E-state index in [4.69, 9.17) is 5.11 Å². The van der Waals surface area contributed by atoms with E-state index in [-0.39, 0.29) is 0 Å². The second kappa shape index (κ2) is 8.50. The van der Waals surface area contributed by atoms with Crippen LogP contribution in [0.15, 0.2) is 40.1 Å². The van der Waals surface area contributed by atoms with E-state index >= 15 is 0 Å². The lowest BCUT2D eigenvalue weighted by atomic mass is 10.1. The highest BCUT2D eigenvalue weighted by molar-refractivity contribution is 6.02. The number of rotatable bonds is 6. The molecule has 0 saturated carbocycles. The number of allylic oxidation sites excluding steroid dienone is 3. The van der Waals surface area contributed by atoms with Gasteiger partial charge in [-0.25, -0.2) is 4.79 Å². The van der Waals surface area contributed by atoms with E-state index in [1.807, 2.05) is 20.8 Å². The maximum absolute atomic E-state index is 11.1. The van der Waals surface area contributed by atoms with Crippen LogP contribution in [0.4, 0.5) is 0 Å². The van der Waals surface area contributed by atoms with Gasteiger partial charge in [-0.1, -0.05) is 31.6 Å². The molecule has 0 radical (unpaired) electrons. The molecule has 0 aromatic carbocycles. The van der Waals surface area contributed by atoms with Crippen molar-refractivity contribution in [1.82, 2.24) is 0 Å². The molecule has 0 aliphatic heterocycles. The van der Waals surface area contributed by atoms with Gasteiger partial charge in [-0.2, -0.15) is 0 Å². The third-order valence-corrected chi connectivity index (χ3v) is 2.33. The van der Waals surface area contributed by atoms with Crippen LogP contribution in [-0.2, 0) is 4.79 Å². The number of aliphatic carboxylic acids is 1. The zero-order valence-electron chi connectivity index (χ0n) is 11.0. The summed E-state index contributed by atoms with van der Waals surface area (Å²) in [7, 11) is 0. The molecule has 1 N–H and O–H groups in total. The van der Waals surface area contributed by atoms with Gasteiger partial charge in [-0.15, -0.1) is 0 Å². The Labute approximate surface area is 103 Å². The number of hydrogen-bond donors (Lipinski definition) is 1. The minimum absolute atomic E-state index is 0.307. The van der Waals surface area contributed by atoms with E-state index in [2.05, 4.69) is 11.9 Å². The smallest absolute Gasteiger partial charge is 0.336 e. The lowest BCUT2D eigenvalue weighted by Gasteiger charge is -2.01. The van der Waals surface area contributed by atoms with Gasteiger partial charge in [-0.05, 0) is 26.7 Å². The number of aliphatic imine (C=N–C) groups is 1. The third kappa shape index (κ3) is 5.85. The van der Waals surface area contributed by atoms with Crippen molar-refractivity contribution >= 4 is 12.2 Å². The molecule has 0 aliphatic rings. The average Bonchev–Trinajstić information content (AvgIpc) is 2.31. The molecule has 0 bridgehead atoms. The number of nitrogens with zero attached hydrogens (tertiary/aromatic N) is 1. The fourth-order valence-electron chi connectivity index (χ4n) is 1.17. The molecular weight excluding hydrogens is 214 g/mol. The third-order valence-electron chi connectivity index (χ3n) is 2.33. The van der Waals surface area contributed by atoms with Crippen LogP contribution in [0.1, 0.15) is 40.5 Å². The molecular formula is C14H21NO2. The monoisotopic (exact) mass is 235 g/mol. The zero-order valence-corrected chi connectivity index (χ0v) is 11.0. The molecule has 3 heteroatoms. The van der Waals surface area contributed by atoms with Crippen LogP contribution < -0.4 is 0 Å². The Hall–Kier alpha value is -1.64. The molecule has 0 aromatic heterocycles. The van der Waals surface area contributed by atoms with E-state index in [0.717, 1.165) is 12.0 Å². The van der Waals surface area contributed by atoms with Crippen LogP contribution >= 0.6 is 0 Å². The van der Waals surface area contributed by atoms with Crippen molar-refractivity contribution in [2.75, 3.05) is 0 Å². The van der Waals surface area contributed by atoms with Crippen molar-refractivity contribution in [2.24, 2.45) is 4.99 Å². The summed E-state index contributed by atoms with van der Waals surface area (Å²) in [6.45, 7) is 7.77. The van der Waals surface area contributed by atoms with Crippen molar-refractivity contribution in [3.63, 3.8) is 0 Å². The molecule has 0 aromatic rings. The van der Waals surface area contributed by atoms with Crippen LogP contribution in [0.2, 0.25) is 0 Å². The summed E-state index contributed by atoms with van der Waals surface area (Å²) >= 11 is 0. The molecule has 0 spiro atoms. The average molecular weight is 235 g/mol. The molecule has 0 heterocycles. The van der Waals surface area contributed by atoms with Crippen LogP contribution in [0.25, 0.3) is 0 Å². The van der Waals surface area contributed by atoms with E-state index in [0.29, 0.717) is 17.6 Å². The zero-order chi connectivity index (χ0) is 13.3. The quantitative estimate of drug-likeness (QED) is 0.433. The number of carbonyl (C=O) groups is 1. The lowest BCUT2D eigenvalue weighted by molar-refractivity contribution is -0.132. The van der Waals surface area contributed by atoms with Gasteiger partial charge in [0.05, 0.1) is 5.57 Å². The van der Waals surface area contributed by atoms with Crippen molar-refractivity contribution in [1.29, 1.82) is 0 Å². The number of carboxylic acid groups (broad SMARTS) is 1. The van der Waals surface area contributed by atoms with Crippen molar-refractivity contribution in [3.05, 3.63) is 35.1 Å². The van der Waals surface area contributed by atoms with Gasteiger partial charge in [0.15, 0.2) is 0 Å². The summed E-state index contributed by atoms with van der Waals surface area (Å²) in [6.07, 6.45) is 8.44. The van der Waals surface area contributed by atoms with Crippen molar-refractivity contribution in [2.45, 2.75) is 40.5 Å². The SMILES string of the molecule is C/C=C(\C=N/C=C(\C)CC)C(=C/CC)/C(=O)O. The van der Waals surface area contributed by atoms with Gasteiger partial charge in [0.25, 0.3) is 0 Å². The molecule has 17 heavy (non-hydrogen) atoms. The molecule has 0 atom stereocenters. The summed E-state index contributed by atoms with van der Waals surface area (Å²) in [5, 5.41) is 9.07. The molecule has 0 amide bonds. The summed E-state index contributed by atoms with van der Waals surface area (Å²) in [5.41, 5.74) is 2.11. The maximum atomic E-state index is 11.1. The standard InChI is InChI=1S/C14H21NO2/c1-5-8-13(14(16)17)12(7-3)10-15-9-11(4)6-2/h7-10H,5-6H2,1-4H3,(H,16,17)/b11-9+,12-7+,13-8-,15-10-. The van der Waals surface area contributed by atoms with Gasteiger partial charge >= 0.3 is 5.97 Å². The second-order valence-electron chi connectivity index (χ2n) is 3.68. The molecule has 3 nitrogen and oxygen atoms in total. The maximum Gasteiger partial charge on any atom is 0.336 e. The molecule has 0 saturated heterocycles.